The quantitative estimate of drug-likeness (QED) is 0.769. The molecule has 4 heteroatoms. The highest BCUT2D eigenvalue weighted by atomic mass is 79.9. The van der Waals surface area contributed by atoms with Gasteiger partial charge in [0.15, 0.2) is 0 Å². The molecule has 1 aromatic carbocycles. The summed E-state index contributed by atoms with van der Waals surface area (Å²) in [5.41, 5.74) is 0.730. The van der Waals surface area contributed by atoms with E-state index in [4.69, 9.17) is 0 Å². The lowest BCUT2D eigenvalue weighted by atomic mass is 9.70. The number of hydrogen-bond acceptors (Lipinski definition) is 1. The second-order valence-corrected chi connectivity index (χ2v) is 7.23. The fourth-order valence-electron chi connectivity index (χ4n) is 3.03. The summed E-state index contributed by atoms with van der Waals surface area (Å²) in [7, 11) is 0. The Morgan fingerprint density at radius 2 is 2.00 bits per heavy atom. The summed E-state index contributed by atoms with van der Waals surface area (Å²) in [5, 5.41) is 3.24. The molecular weight excluding hydrogens is 312 g/mol. The summed E-state index contributed by atoms with van der Waals surface area (Å²) in [5.74, 6) is -0.628. The van der Waals surface area contributed by atoms with Crippen LogP contribution in [0.4, 0.5) is 14.5 Å². The third-order valence-corrected chi connectivity index (χ3v) is 4.66. The molecule has 1 N–H and O–H groups in total. The van der Waals surface area contributed by atoms with Crippen LogP contribution in [0.3, 0.4) is 0 Å². The Kier molecular flexibility index (Phi) is 4.19. The van der Waals surface area contributed by atoms with Gasteiger partial charge in [0.05, 0.1) is 5.69 Å². The number of rotatable bonds is 2. The van der Waals surface area contributed by atoms with Crippen molar-refractivity contribution in [3.63, 3.8) is 0 Å². The maximum Gasteiger partial charge on any atom is 0.150 e. The van der Waals surface area contributed by atoms with Gasteiger partial charge >= 0.3 is 0 Å². The fourth-order valence-corrected chi connectivity index (χ4v) is 3.55. The SMILES string of the molecule is CC1CC(C)(C)CCC1Nc1c(F)cc(F)cc1Br. The summed E-state index contributed by atoms with van der Waals surface area (Å²) in [6.45, 7) is 6.73. The first kappa shape index (κ1) is 14.8. The second kappa shape index (κ2) is 5.39. The molecule has 19 heavy (non-hydrogen) atoms. The molecule has 1 aliphatic carbocycles. The lowest BCUT2D eigenvalue weighted by Gasteiger charge is -2.40. The molecule has 0 heterocycles. The fraction of sp³-hybridized carbons (Fsp3) is 0.600. The Labute approximate surface area is 121 Å². The molecule has 1 aliphatic rings. The van der Waals surface area contributed by atoms with Crippen molar-refractivity contribution in [2.75, 3.05) is 5.32 Å². The van der Waals surface area contributed by atoms with E-state index in [0.717, 1.165) is 25.3 Å². The van der Waals surface area contributed by atoms with E-state index in [0.29, 0.717) is 21.5 Å². The van der Waals surface area contributed by atoms with E-state index >= 15 is 0 Å². The van der Waals surface area contributed by atoms with Gasteiger partial charge in [-0.1, -0.05) is 20.8 Å². The van der Waals surface area contributed by atoms with Gasteiger partial charge in [-0.2, -0.15) is 0 Å². The number of anilines is 1. The molecule has 1 fully saturated rings. The molecule has 0 bridgehead atoms. The summed E-state index contributed by atoms with van der Waals surface area (Å²) in [6, 6.07) is 2.46. The molecule has 0 aromatic heterocycles. The van der Waals surface area contributed by atoms with Crippen LogP contribution in [0.1, 0.15) is 40.0 Å². The Hall–Kier alpha value is -0.640. The summed E-state index contributed by atoms with van der Waals surface area (Å²) < 4.78 is 27.3. The van der Waals surface area contributed by atoms with E-state index in [-0.39, 0.29) is 6.04 Å². The molecule has 1 saturated carbocycles. The van der Waals surface area contributed by atoms with E-state index in [2.05, 4.69) is 42.0 Å². The van der Waals surface area contributed by atoms with Gasteiger partial charge in [0.25, 0.3) is 0 Å². The monoisotopic (exact) mass is 331 g/mol. The highest BCUT2D eigenvalue weighted by Gasteiger charge is 2.32. The maximum absolute atomic E-state index is 13.8. The smallest absolute Gasteiger partial charge is 0.150 e. The van der Waals surface area contributed by atoms with Gasteiger partial charge in [-0.05, 0) is 52.6 Å². The molecule has 2 rings (SSSR count). The molecule has 1 nitrogen and oxygen atoms in total. The molecule has 0 amide bonds. The number of nitrogens with one attached hydrogen (secondary N) is 1. The van der Waals surface area contributed by atoms with Crippen molar-refractivity contribution in [1.29, 1.82) is 0 Å². The van der Waals surface area contributed by atoms with Gasteiger partial charge in [0.1, 0.15) is 11.6 Å². The van der Waals surface area contributed by atoms with Crippen LogP contribution in [0, 0.1) is 23.0 Å². The van der Waals surface area contributed by atoms with Crippen molar-refractivity contribution in [3.8, 4) is 0 Å². The van der Waals surface area contributed by atoms with Gasteiger partial charge in [0.2, 0.25) is 0 Å². The lowest BCUT2D eigenvalue weighted by Crippen LogP contribution is -2.37. The molecule has 2 unspecified atom stereocenters. The topological polar surface area (TPSA) is 12.0 Å². The zero-order chi connectivity index (χ0) is 14.2. The Balaban J connectivity index is 2.14. The molecule has 0 radical (unpaired) electrons. The second-order valence-electron chi connectivity index (χ2n) is 6.38. The van der Waals surface area contributed by atoms with E-state index < -0.39 is 11.6 Å². The highest BCUT2D eigenvalue weighted by Crippen LogP contribution is 2.40. The van der Waals surface area contributed by atoms with Crippen LogP contribution in [0.2, 0.25) is 0 Å². The van der Waals surface area contributed by atoms with E-state index in [9.17, 15) is 8.78 Å². The van der Waals surface area contributed by atoms with Crippen LogP contribution in [-0.2, 0) is 0 Å². The average Bonchev–Trinajstić information content (AvgIpc) is 2.24. The minimum Gasteiger partial charge on any atom is -0.379 e. The first-order chi connectivity index (χ1) is 8.78. The first-order valence-electron chi connectivity index (χ1n) is 6.69. The van der Waals surface area contributed by atoms with Gasteiger partial charge < -0.3 is 5.32 Å². The Morgan fingerprint density at radius 3 is 2.58 bits per heavy atom. The normalized spacial score (nSPS) is 26.2. The van der Waals surface area contributed by atoms with Crippen LogP contribution in [0.5, 0.6) is 0 Å². The average molecular weight is 332 g/mol. The van der Waals surface area contributed by atoms with Crippen LogP contribution in [-0.4, -0.2) is 6.04 Å². The van der Waals surface area contributed by atoms with Gasteiger partial charge in [-0.3, -0.25) is 0 Å². The molecule has 0 aliphatic heterocycles. The molecule has 106 valence electrons. The molecule has 2 atom stereocenters. The number of benzene rings is 1. The van der Waals surface area contributed by atoms with Crippen molar-refractivity contribution in [3.05, 3.63) is 28.2 Å². The number of hydrogen-bond donors (Lipinski definition) is 1. The summed E-state index contributed by atoms with van der Waals surface area (Å²) in [4.78, 5) is 0. The van der Waals surface area contributed by atoms with Crippen LogP contribution < -0.4 is 5.32 Å². The zero-order valence-corrected chi connectivity index (χ0v) is 13.2. The third-order valence-electron chi connectivity index (χ3n) is 4.03. The summed E-state index contributed by atoms with van der Waals surface area (Å²) in [6.07, 6.45) is 3.25. The van der Waals surface area contributed by atoms with Gasteiger partial charge in [-0.15, -0.1) is 0 Å². The van der Waals surface area contributed by atoms with Crippen molar-refractivity contribution in [2.24, 2.45) is 11.3 Å². The van der Waals surface area contributed by atoms with Crippen molar-refractivity contribution in [2.45, 2.75) is 46.1 Å². The van der Waals surface area contributed by atoms with Crippen molar-refractivity contribution < 1.29 is 8.78 Å². The largest absolute Gasteiger partial charge is 0.379 e. The van der Waals surface area contributed by atoms with Gasteiger partial charge in [-0.25, -0.2) is 8.78 Å². The summed E-state index contributed by atoms with van der Waals surface area (Å²) >= 11 is 3.22. The molecule has 0 spiro atoms. The Morgan fingerprint density at radius 1 is 1.32 bits per heavy atom. The predicted molar refractivity (Wildman–Crippen MR) is 78.3 cm³/mol. The van der Waals surface area contributed by atoms with Crippen LogP contribution in [0.15, 0.2) is 16.6 Å². The maximum atomic E-state index is 13.8. The highest BCUT2D eigenvalue weighted by molar-refractivity contribution is 9.10. The molecule has 1 aromatic rings. The predicted octanol–water partition coefficient (Wildman–Crippen LogP) is 5.35. The van der Waals surface area contributed by atoms with Crippen LogP contribution in [0.25, 0.3) is 0 Å². The third kappa shape index (κ3) is 3.47. The molecular formula is C15H20BrF2N. The van der Waals surface area contributed by atoms with Crippen LogP contribution >= 0.6 is 15.9 Å². The minimum atomic E-state index is -0.562. The standard InChI is InChI=1S/C15H20BrF2N/c1-9-8-15(2,3)5-4-13(9)19-14-11(16)6-10(17)7-12(14)18/h6-7,9,13,19H,4-5,8H2,1-3H3. The van der Waals surface area contributed by atoms with Crippen molar-refractivity contribution in [1.82, 2.24) is 0 Å². The molecule has 0 saturated heterocycles. The first-order valence-corrected chi connectivity index (χ1v) is 7.49. The zero-order valence-electron chi connectivity index (χ0n) is 11.6. The van der Waals surface area contributed by atoms with E-state index in [1.165, 1.54) is 6.07 Å². The van der Waals surface area contributed by atoms with Gasteiger partial charge in [0, 0.05) is 16.6 Å². The van der Waals surface area contributed by atoms with E-state index in [1.807, 2.05) is 0 Å². The van der Waals surface area contributed by atoms with Crippen molar-refractivity contribution >= 4 is 21.6 Å². The van der Waals surface area contributed by atoms with E-state index in [1.54, 1.807) is 0 Å². The minimum absolute atomic E-state index is 0.240. The Bertz CT molecular complexity index is 450. The lowest BCUT2D eigenvalue weighted by molar-refractivity contribution is 0.177. The number of halogens is 3.